The van der Waals surface area contributed by atoms with E-state index in [1.807, 2.05) is 31.2 Å². The van der Waals surface area contributed by atoms with Gasteiger partial charge in [-0.1, -0.05) is 24.3 Å². The first kappa shape index (κ1) is 24.1. The van der Waals surface area contributed by atoms with E-state index in [1.54, 1.807) is 31.2 Å². The molecule has 162 valence electrons. The van der Waals surface area contributed by atoms with E-state index < -0.39 is 28.5 Å². The first-order valence-electron chi connectivity index (χ1n) is 9.33. The maximum atomic E-state index is 13.3. The van der Waals surface area contributed by atoms with Crippen molar-refractivity contribution in [2.45, 2.75) is 26.4 Å². The fourth-order valence-electron chi connectivity index (χ4n) is 2.98. The molecule has 9 heteroatoms. The molecule has 0 saturated carbocycles. The molecule has 30 heavy (non-hydrogen) atoms. The second kappa shape index (κ2) is 10.3. The van der Waals surface area contributed by atoms with Crippen LogP contribution in [0.2, 0.25) is 0 Å². The van der Waals surface area contributed by atoms with E-state index in [9.17, 15) is 18.0 Å². The molecule has 0 aromatic heterocycles. The third kappa shape index (κ3) is 6.18. The summed E-state index contributed by atoms with van der Waals surface area (Å²) in [7, 11) is -2.21. The number of nitrogens with zero attached hydrogens (tertiary/aromatic N) is 2. The predicted octanol–water partition coefficient (Wildman–Crippen LogP) is 2.53. The van der Waals surface area contributed by atoms with Crippen LogP contribution in [0.25, 0.3) is 0 Å². The predicted molar refractivity (Wildman–Crippen MR) is 127 cm³/mol. The van der Waals surface area contributed by atoms with Crippen molar-refractivity contribution in [3.8, 4) is 0 Å². The van der Waals surface area contributed by atoms with Gasteiger partial charge < -0.3 is 10.2 Å². The zero-order valence-electron chi connectivity index (χ0n) is 17.4. The first-order valence-corrected chi connectivity index (χ1v) is 12.3. The van der Waals surface area contributed by atoms with E-state index in [-0.39, 0.29) is 12.5 Å². The lowest BCUT2D eigenvalue weighted by Crippen LogP contribution is -2.50. The van der Waals surface area contributed by atoms with Crippen LogP contribution >= 0.6 is 22.6 Å². The third-order valence-electron chi connectivity index (χ3n) is 4.81. The number of amides is 2. The quantitative estimate of drug-likeness (QED) is 0.519. The Hall–Kier alpha value is -2.14. The molecular weight excluding hydrogens is 517 g/mol. The van der Waals surface area contributed by atoms with Crippen molar-refractivity contribution in [1.29, 1.82) is 0 Å². The lowest BCUT2D eigenvalue weighted by atomic mass is 10.1. The van der Waals surface area contributed by atoms with Gasteiger partial charge in [0.1, 0.15) is 12.6 Å². The largest absolute Gasteiger partial charge is 0.357 e. The summed E-state index contributed by atoms with van der Waals surface area (Å²) in [5.74, 6) is -0.782. The highest BCUT2D eigenvalue weighted by molar-refractivity contribution is 14.1. The minimum absolute atomic E-state index is 0.199. The monoisotopic (exact) mass is 543 g/mol. The van der Waals surface area contributed by atoms with Gasteiger partial charge in [0.15, 0.2) is 0 Å². The Morgan fingerprint density at radius 1 is 1.10 bits per heavy atom. The Morgan fingerprint density at radius 2 is 1.70 bits per heavy atom. The van der Waals surface area contributed by atoms with E-state index in [0.29, 0.717) is 5.69 Å². The number of sulfonamides is 1. The van der Waals surface area contributed by atoms with Gasteiger partial charge in [0.25, 0.3) is 0 Å². The van der Waals surface area contributed by atoms with Crippen molar-refractivity contribution in [2.75, 3.05) is 24.2 Å². The molecule has 0 radical (unpaired) electrons. The lowest BCUT2D eigenvalue weighted by molar-refractivity contribution is -0.139. The molecule has 1 N–H and O–H groups in total. The molecule has 1 atom stereocenters. The summed E-state index contributed by atoms with van der Waals surface area (Å²) in [6.07, 6.45) is 1.06. The van der Waals surface area contributed by atoms with Crippen LogP contribution < -0.4 is 9.62 Å². The maximum Gasteiger partial charge on any atom is 0.244 e. The number of halogens is 1. The van der Waals surface area contributed by atoms with Crippen molar-refractivity contribution in [3.05, 3.63) is 63.2 Å². The number of carbonyl (C=O) groups excluding carboxylic acids is 2. The van der Waals surface area contributed by atoms with Crippen molar-refractivity contribution in [2.24, 2.45) is 0 Å². The van der Waals surface area contributed by atoms with Gasteiger partial charge in [-0.25, -0.2) is 8.42 Å². The number of hydrogen-bond donors (Lipinski definition) is 1. The van der Waals surface area contributed by atoms with Gasteiger partial charge in [0.05, 0.1) is 11.9 Å². The van der Waals surface area contributed by atoms with Gasteiger partial charge in [-0.05, 0) is 71.8 Å². The fourth-order valence-corrected chi connectivity index (χ4v) is 4.19. The molecular formula is C21H26IN3O4S. The number of aryl methyl sites for hydroxylation is 1. The van der Waals surface area contributed by atoms with Crippen LogP contribution in [0.4, 0.5) is 5.69 Å². The highest BCUT2D eigenvalue weighted by atomic mass is 127. The number of anilines is 1. The normalized spacial score (nSPS) is 12.2. The second-order valence-electron chi connectivity index (χ2n) is 6.98. The number of benzene rings is 2. The molecule has 0 fully saturated rings. The van der Waals surface area contributed by atoms with E-state index >= 15 is 0 Å². The number of rotatable bonds is 8. The molecule has 0 saturated heterocycles. The average Bonchev–Trinajstić information content (AvgIpc) is 2.70. The number of likely N-dealkylation sites (N-methyl/N-ethyl adjacent to an activating group) is 1. The van der Waals surface area contributed by atoms with Gasteiger partial charge in [0.2, 0.25) is 21.8 Å². The van der Waals surface area contributed by atoms with Crippen molar-refractivity contribution in [1.82, 2.24) is 10.2 Å². The summed E-state index contributed by atoms with van der Waals surface area (Å²) in [4.78, 5) is 27.0. The average molecular weight is 543 g/mol. The Kier molecular flexibility index (Phi) is 8.25. The minimum Gasteiger partial charge on any atom is -0.357 e. The zero-order chi connectivity index (χ0) is 22.5. The molecule has 2 aromatic rings. The minimum atomic E-state index is -3.71. The first-order chi connectivity index (χ1) is 14.0. The van der Waals surface area contributed by atoms with Crippen LogP contribution in [0.3, 0.4) is 0 Å². The van der Waals surface area contributed by atoms with Gasteiger partial charge >= 0.3 is 0 Å². The molecule has 2 aromatic carbocycles. The van der Waals surface area contributed by atoms with Gasteiger partial charge in [0, 0.05) is 17.2 Å². The summed E-state index contributed by atoms with van der Waals surface area (Å²) in [5, 5.41) is 2.56. The van der Waals surface area contributed by atoms with Crippen molar-refractivity contribution in [3.63, 3.8) is 0 Å². The van der Waals surface area contributed by atoms with E-state index in [4.69, 9.17) is 0 Å². The fraction of sp³-hybridized carbons (Fsp3) is 0.333. The summed E-state index contributed by atoms with van der Waals surface area (Å²) in [6.45, 7) is 3.36. The molecule has 0 heterocycles. The van der Waals surface area contributed by atoms with Crippen LogP contribution in [0.15, 0.2) is 48.5 Å². The summed E-state index contributed by atoms with van der Waals surface area (Å²) in [6, 6.07) is 13.7. The molecule has 2 amide bonds. The standard InChI is InChI=1S/C21H26IN3O4S/c1-15-7-5-6-8-17(15)13-24(16(2)21(27)23-3)20(26)14-25(30(4,28)29)19-11-9-18(22)10-12-19/h5-12,16H,13-14H2,1-4H3,(H,23,27). The molecule has 0 aliphatic rings. The Morgan fingerprint density at radius 3 is 2.23 bits per heavy atom. The Balaban J connectivity index is 2.38. The van der Waals surface area contributed by atoms with Crippen LogP contribution in [0, 0.1) is 10.5 Å². The van der Waals surface area contributed by atoms with Gasteiger partial charge in [-0.15, -0.1) is 0 Å². The van der Waals surface area contributed by atoms with E-state index in [2.05, 4.69) is 27.9 Å². The second-order valence-corrected chi connectivity index (χ2v) is 10.1. The molecule has 0 spiro atoms. The van der Waals surface area contributed by atoms with E-state index in [0.717, 1.165) is 25.3 Å². The van der Waals surface area contributed by atoms with Crippen LogP contribution in [-0.4, -0.2) is 51.0 Å². The maximum absolute atomic E-state index is 13.3. The molecule has 0 bridgehead atoms. The summed E-state index contributed by atoms with van der Waals surface area (Å²) in [5.41, 5.74) is 2.27. The molecule has 0 aliphatic carbocycles. The van der Waals surface area contributed by atoms with Crippen LogP contribution in [-0.2, 0) is 26.2 Å². The molecule has 2 rings (SSSR count). The molecule has 0 aliphatic heterocycles. The lowest BCUT2D eigenvalue weighted by Gasteiger charge is -2.31. The highest BCUT2D eigenvalue weighted by Crippen LogP contribution is 2.21. The van der Waals surface area contributed by atoms with E-state index in [1.165, 1.54) is 11.9 Å². The SMILES string of the molecule is CNC(=O)C(C)N(Cc1ccccc1C)C(=O)CN(c1ccc(I)cc1)S(C)(=O)=O. The summed E-state index contributed by atoms with van der Waals surface area (Å²) >= 11 is 2.12. The van der Waals surface area contributed by atoms with Gasteiger partial charge in [-0.3, -0.25) is 13.9 Å². The number of carbonyl (C=O) groups is 2. The summed E-state index contributed by atoms with van der Waals surface area (Å²) < 4.78 is 26.9. The zero-order valence-corrected chi connectivity index (χ0v) is 20.4. The molecule has 1 unspecified atom stereocenters. The molecule has 7 nitrogen and oxygen atoms in total. The highest BCUT2D eigenvalue weighted by Gasteiger charge is 2.29. The number of nitrogens with one attached hydrogen (secondary N) is 1. The smallest absolute Gasteiger partial charge is 0.244 e. The van der Waals surface area contributed by atoms with Crippen LogP contribution in [0.5, 0.6) is 0 Å². The Bertz CT molecular complexity index is 1010. The van der Waals surface area contributed by atoms with Crippen molar-refractivity contribution >= 4 is 50.1 Å². The number of hydrogen-bond acceptors (Lipinski definition) is 4. The topological polar surface area (TPSA) is 86.8 Å². The third-order valence-corrected chi connectivity index (χ3v) is 6.67. The van der Waals surface area contributed by atoms with Crippen molar-refractivity contribution < 1.29 is 18.0 Å². The van der Waals surface area contributed by atoms with Gasteiger partial charge in [-0.2, -0.15) is 0 Å². The Labute approximate surface area is 191 Å². The van der Waals surface area contributed by atoms with Crippen LogP contribution in [0.1, 0.15) is 18.1 Å².